The lowest BCUT2D eigenvalue weighted by molar-refractivity contribution is 0.204. The van der Waals surface area contributed by atoms with Crippen LogP contribution < -0.4 is 16.0 Å². The predicted molar refractivity (Wildman–Crippen MR) is 109 cm³/mol. The van der Waals surface area contributed by atoms with Crippen LogP contribution in [0.5, 0.6) is 6.01 Å². The molecule has 0 atom stereocenters. The van der Waals surface area contributed by atoms with Crippen LogP contribution in [0, 0.1) is 5.92 Å². The highest BCUT2D eigenvalue weighted by molar-refractivity contribution is 5.86. The molecule has 0 amide bonds. The molecule has 2 aromatic heterocycles. The maximum absolute atomic E-state index is 12.6. The molecule has 156 valence electrons. The zero-order valence-electron chi connectivity index (χ0n) is 16.9. The second-order valence-corrected chi connectivity index (χ2v) is 7.85. The van der Waals surface area contributed by atoms with Crippen LogP contribution >= 0.6 is 0 Å². The number of likely N-dealkylation sites (N-methyl/N-ethyl adjacent to an activating group) is 1. The standard InChI is InChI=1S/C20H27N5O4/c1-3-4-5-14-12-15(26)28-19-16(14)18(27)21-20(22-19)29-23-17(13-6-7-13)25-10-8-24(2)9-11-25/h12-13H,3-11H2,1-2H3,(H,21,22,27). The second kappa shape index (κ2) is 8.36. The lowest BCUT2D eigenvalue weighted by Gasteiger charge is -2.34. The van der Waals surface area contributed by atoms with Gasteiger partial charge in [0.25, 0.3) is 5.56 Å². The number of nitrogens with one attached hydrogen (secondary N) is 1. The molecule has 3 heterocycles. The molecule has 9 heteroatoms. The summed E-state index contributed by atoms with van der Waals surface area (Å²) in [4.78, 5) is 41.4. The molecule has 1 aliphatic heterocycles. The summed E-state index contributed by atoms with van der Waals surface area (Å²) in [6, 6.07) is 1.30. The molecule has 0 radical (unpaired) electrons. The highest BCUT2D eigenvalue weighted by Gasteiger charge is 2.33. The summed E-state index contributed by atoms with van der Waals surface area (Å²) in [5.41, 5.74) is -0.266. The van der Waals surface area contributed by atoms with E-state index in [0.717, 1.165) is 57.7 Å². The Morgan fingerprint density at radius 3 is 2.76 bits per heavy atom. The Morgan fingerprint density at radius 2 is 2.07 bits per heavy atom. The van der Waals surface area contributed by atoms with Crippen LogP contribution in [0.25, 0.3) is 11.1 Å². The van der Waals surface area contributed by atoms with Crippen LogP contribution in [0.4, 0.5) is 0 Å². The van der Waals surface area contributed by atoms with Gasteiger partial charge in [0.2, 0.25) is 5.71 Å². The quantitative estimate of drug-likeness (QED) is 0.445. The molecular weight excluding hydrogens is 374 g/mol. The van der Waals surface area contributed by atoms with Crippen LogP contribution in [-0.4, -0.2) is 58.8 Å². The summed E-state index contributed by atoms with van der Waals surface area (Å²) >= 11 is 0. The van der Waals surface area contributed by atoms with Gasteiger partial charge in [-0.1, -0.05) is 18.5 Å². The Balaban J connectivity index is 1.61. The summed E-state index contributed by atoms with van der Waals surface area (Å²) in [6.45, 7) is 5.79. The van der Waals surface area contributed by atoms with E-state index in [-0.39, 0.29) is 17.3 Å². The Bertz CT molecular complexity index is 1020. The molecule has 0 spiro atoms. The van der Waals surface area contributed by atoms with Crippen molar-refractivity contribution in [1.82, 2.24) is 19.8 Å². The third kappa shape index (κ3) is 4.50. The fourth-order valence-electron chi connectivity index (χ4n) is 3.59. The van der Waals surface area contributed by atoms with Crippen LogP contribution in [0.1, 0.15) is 38.2 Å². The van der Waals surface area contributed by atoms with Crippen molar-refractivity contribution >= 4 is 16.9 Å². The van der Waals surface area contributed by atoms with E-state index in [4.69, 9.17) is 9.25 Å². The first-order valence-corrected chi connectivity index (χ1v) is 10.3. The number of amidine groups is 1. The maximum atomic E-state index is 12.6. The first kappa shape index (κ1) is 19.6. The first-order chi connectivity index (χ1) is 14.0. The zero-order valence-corrected chi connectivity index (χ0v) is 16.9. The van der Waals surface area contributed by atoms with E-state index in [1.54, 1.807) is 0 Å². The minimum absolute atomic E-state index is 0.00915. The Hall–Kier alpha value is -2.68. The van der Waals surface area contributed by atoms with Gasteiger partial charge in [-0.25, -0.2) is 4.79 Å². The van der Waals surface area contributed by atoms with Gasteiger partial charge >= 0.3 is 11.6 Å². The van der Waals surface area contributed by atoms with E-state index in [1.807, 2.05) is 0 Å². The summed E-state index contributed by atoms with van der Waals surface area (Å²) < 4.78 is 5.17. The monoisotopic (exact) mass is 401 g/mol. The van der Waals surface area contributed by atoms with Gasteiger partial charge in [0.1, 0.15) is 11.2 Å². The Kier molecular flexibility index (Phi) is 5.66. The molecule has 1 aliphatic carbocycles. The number of rotatable bonds is 6. The summed E-state index contributed by atoms with van der Waals surface area (Å²) in [6.07, 6.45) is 4.63. The number of H-pyrrole nitrogens is 1. The summed E-state index contributed by atoms with van der Waals surface area (Å²) in [7, 11) is 2.11. The normalized spacial score (nSPS) is 18.4. The average molecular weight is 401 g/mol. The van der Waals surface area contributed by atoms with E-state index in [2.05, 4.69) is 38.9 Å². The number of unbranched alkanes of at least 4 members (excludes halogenated alkanes) is 1. The number of fused-ring (bicyclic) bond motifs is 1. The second-order valence-electron chi connectivity index (χ2n) is 7.85. The largest absolute Gasteiger partial charge is 0.403 e. The molecule has 1 saturated heterocycles. The van der Waals surface area contributed by atoms with Crippen molar-refractivity contribution in [3.8, 4) is 6.01 Å². The lowest BCUT2D eigenvalue weighted by atomic mass is 10.1. The van der Waals surface area contributed by atoms with Gasteiger partial charge in [0.15, 0.2) is 0 Å². The minimum Gasteiger partial charge on any atom is -0.403 e. The van der Waals surface area contributed by atoms with Crippen molar-refractivity contribution in [3.05, 3.63) is 32.4 Å². The smallest absolute Gasteiger partial charge is 0.337 e. The van der Waals surface area contributed by atoms with Crippen LogP contribution in [0.15, 0.2) is 25.2 Å². The highest BCUT2D eigenvalue weighted by Crippen LogP contribution is 2.32. The predicted octanol–water partition coefficient (Wildman–Crippen LogP) is 1.57. The van der Waals surface area contributed by atoms with Crippen molar-refractivity contribution in [2.24, 2.45) is 11.1 Å². The molecule has 0 unspecified atom stereocenters. The van der Waals surface area contributed by atoms with Crippen molar-refractivity contribution in [3.63, 3.8) is 0 Å². The molecule has 1 N–H and O–H groups in total. The van der Waals surface area contributed by atoms with E-state index in [9.17, 15) is 9.59 Å². The van der Waals surface area contributed by atoms with Gasteiger partial charge < -0.3 is 19.1 Å². The van der Waals surface area contributed by atoms with Crippen molar-refractivity contribution < 1.29 is 9.25 Å². The number of nitrogens with zero attached hydrogens (tertiary/aromatic N) is 4. The number of piperazine rings is 1. The van der Waals surface area contributed by atoms with Crippen LogP contribution in [0.3, 0.4) is 0 Å². The van der Waals surface area contributed by atoms with Crippen LogP contribution in [-0.2, 0) is 6.42 Å². The third-order valence-corrected chi connectivity index (χ3v) is 5.47. The van der Waals surface area contributed by atoms with Crippen molar-refractivity contribution in [1.29, 1.82) is 0 Å². The topological polar surface area (TPSA) is 104 Å². The molecule has 4 rings (SSSR count). The van der Waals surface area contributed by atoms with Gasteiger partial charge in [-0.15, -0.1) is 0 Å². The molecule has 1 saturated carbocycles. The number of oxime groups is 1. The zero-order chi connectivity index (χ0) is 20.4. The number of aryl methyl sites for hydroxylation is 1. The van der Waals surface area contributed by atoms with Crippen molar-refractivity contribution in [2.45, 2.75) is 39.0 Å². The molecule has 9 nitrogen and oxygen atoms in total. The molecule has 0 aromatic carbocycles. The number of hydrogen-bond donors (Lipinski definition) is 1. The average Bonchev–Trinajstić information content (AvgIpc) is 3.52. The highest BCUT2D eigenvalue weighted by atomic mass is 16.6. The molecule has 2 aromatic rings. The van der Waals surface area contributed by atoms with E-state index in [0.29, 0.717) is 23.3 Å². The van der Waals surface area contributed by atoms with Gasteiger partial charge in [-0.3, -0.25) is 9.78 Å². The molecular formula is C20H27N5O4. The maximum Gasteiger partial charge on any atom is 0.337 e. The molecule has 2 aliphatic rings. The van der Waals surface area contributed by atoms with E-state index in [1.165, 1.54) is 6.07 Å². The molecule has 29 heavy (non-hydrogen) atoms. The minimum atomic E-state index is -0.521. The van der Waals surface area contributed by atoms with E-state index >= 15 is 0 Å². The number of aromatic amines is 1. The van der Waals surface area contributed by atoms with Gasteiger partial charge in [0.05, 0.1) is 0 Å². The fourth-order valence-corrected chi connectivity index (χ4v) is 3.59. The Labute approximate surface area is 168 Å². The summed E-state index contributed by atoms with van der Waals surface area (Å²) in [5.74, 6) is 1.29. The van der Waals surface area contributed by atoms with E-state index < -0.39 is 5.63 Å². The van der Waals surface area contributed by atoms with Crippen LogP contribution in [0.2, 0.25) is 0 Å². The third-order valence-electron chi connectivity index (χ3n) is 5.47. The lowest BCUT2D eigenvalue weighted by Crippen LogP contribution is -2.47. The molecule has 2 fully saturated rings. The number of aromatic nitrogens is 2. The van der Waals surface area contributed by atoms with Gasteiger partial charge in [-0.05, 0) is 38.3 Å². The fraction of sp³-hybridized carbons (Fsp3) is 0.600. The SMILES string of the molecule is CCCCc1cc(=O)oc2nc(ON=C(C3CC3)N3CCN(C)CC3)[nH]c(=O)c12. The first-order valence-electron chi connectivity index (χ1n) is 10.3. The number of hydrogen-bond acceptors (Lipinski definition) is 7. The molecule has 0 bridgehead atoms. The van der Waals surface area contributed by atoms with Gasteiger partial charge in [-0.2, -0.15) is 4.98 Å². The van der Waals surface area contributed by atoms with Crippen molar-refractivity contribution in [2.75, 3.05) is 33.2 Å². The Morgan fingerprint density at radius 1 is 1.31 bits per heavy atom. The van der Waals surface area contributed by atoms with Gasteiger partial charge in [0, 0.05) is 38.2 Å². The summed E-state index contributed by atoms with van der Waals surface area (Å²) in [5, 5.41) is 4.62.